The number of rotatable bonds is 3. The van der Waals surface area contributed by atoms with Crippen LogP contribution in [0.1, 0.15) is 5.82 Å². The number of hydrogen-bond acceptors (Lipinski definition) is 6. The van der Waals surface area contributed by atoms with Gasteiger partial charge in [0.1, 0.15) is 10.9 Å². The van der Waals surface area contributed by atoms with E-state index >= 15 is 0 Å². The van der Waals surface area contributed by atoms with Crippen LogP contribution >= 0.6 is 11.8 Å². The van der Waals surface area contributed by atoms with Crippen molar-refractivity contribution in [3.05, 3.63) is 30.1 Å². The number of nitrogens with zero attached hydrogens (tertiary/aromatic N) is 5. The van der Waals surface area contributed by atoms with E-state index in [0.717, 1.165) is 26.9 Å². The number of anilines is 1. The lowest BCUT2D eigenvalue weighted by Gasteiger charge is -2.07. The highest BCUT2D eigenvalue weighted by molar-refractivity contribution is 7.99. The summed E-state index contributed by atoms with van der Waals surface area (Å²) >= 11 is 1.49. The molecule has 0 amide bonds. The molecule has 1 N–H and O–H groups in total. The van der Waals surface area contributed by atoms with E-state index in [-0.39, 0.29) is 0 Å². The molecule has 0 radical (unpaired) electrons. The van der Waals surface area contributed by atoms with E-state index in [1.165, 1.54) is 11.8 Å². The molecule has 20 heavy (non-hydrogen) atoms. The smallest absolute Gasteiger partial charge is 0.224 e. The molecule has 3 rings (SSSR count). The van der Waals surface area contributed by atoms with E-state index in [9.17, 15) is 0 Å². The maximum atomic E-state index is 4.52. The minimum Gasteiger partial charge on any atom is -0.357 e. The Labute approximate surface area is 120 Å². The molecule has 0 aliphatic carbocycles. The molecule has 0 unspecified atom stereocenters. The van der Waals surface area contributed by atoms with Gasteiger partial charge in [0.05, 0.1) is 5.52 Å². The Bertz CT molecular complexity index is 767. The van der Waals surface area contributed by atoms with Crippen LogP contribution in [0.15, 0.2) is 34.4 Å². The predicted molar refractivity (Wildman–Crippen MR) is 78.9 cm³/mol. The number of hydrogen-bond donors (Lipinski definition) is 1. The fourth-order valence-electron chi connectivity index (χ4n) is 1.80. The average molecular weight is 286 g/mol. The molecular weight excluding hydrogens is 272 g/mol. The summed E-state index contributed by atoms with van der Waals surface area (Å²) in [6.07, 6.45) is 0. The van der Waals surface area contributed by atoms with Crippen molar-refractivity contribution in [3.8, 4) is 0 Å². The first-order valence-corrected chi connectivity index (χ1v) is 6.99. The highest BCUT2D eigenvalue weighted by Crippen LogP contribution is 2.31. The van der Waals surface area contributed by atoms with E-state index in [4.69, 9.17) is 0 Å². The van der Waals surface area contributed by atoms with Gasteiger partial charge < -0.3 is 9.88 Å². The van der Waals surface area contributed by atoms with Crippen LogP contribution in [0.2, 0.25) is 0 Å². The number of aryl methyl sites for hydroxylation is 1. The molecule has 6 nitrogen and oxygen atoms in total. The third kappa shape index (κ3) is 2.20. The van der Waals surface area contributed by atoms with Gasteiger partial charge in [-0.25, -0.2) is 9.97 Å². The summed E-state index contributed by atoms with van der Waals surface area (Å²) in [4.78, 5) is 8.97. The summed E-state index contributed by atoms with van der Waals surface area (Å²) in [5.74, 6) is 1.48. The fraction of sp³-hybridized carbons (Fsp3) is 0.231. The van der Waals surface area contributed by atoms with Crippen LogP contribution in [-0.4, -0.2) is 31.8 Å². The Kier molecular flexibility index (Phi) is 3.27. The second-order valence-corrected chi connectivity index (χ2v) is 5.27. The first-order valence-electron chi connectivity index (χ1n) is 6.17. The maximum Gasteiger partial charge on any atom is 0.224 e. The zero-order valence-corrected chi connectivity index (χ0v) is 12.3. The third-order valence-corrected chi connectivity index (χ3v) is 4.08. The number of para-hydroxylation sites is 1. The van der Waals surface area contributed by atoms with E-state index in [1.54, 1.807) is 0 Å². The molecule has 0 spiro atoms. The minimum atomic E-state index is 0.602. The summed E-state index contributed by atoms with van der Waals surface area (Å²) in [5, 5.41) is 13.9. The Balaban J connectivity index is 2.12. The highest BCUT2D eigenvalue weighted by Gasteiger charge is 2.12. The molecule has 2 heterocycles. The van der Waals surface area contributed by atoms with Crippen molar-refractivity contribution in [2.75, 3.05) is 12.4 Å². The summed E-state index contributed by atoms with van der Waals surface area (Å²) in [6.45, 7) is 1.92. The van der Waals surface area contributed by atoms with Crippen molar-refractivity contribution in [3.63, 3.8) is 0 Å². The van der Waals surface area contributed by atoms with Crippen molar-refractivity contribution in [2.45, 2.75) is 17.1 Å². The number of aromatic nitrogens is 5. The van der Waals surface area contributed by atoms with Gasteiger partial charge in [0.2, 0.25) is 5.95 Å². The molecule has 3 aromatic rings. The zero-order chi connectivity index (χ0) is 14.1. The Morgan fingerprint density at radius 1 is 1.15 bits per heavy atom. The summed E-state index contributed by atoms with van der Waals surface area (Å²) in [6, 6.07) is 7.94. The lowest BCUT2D eigenvalue weighted by molar-refractivity contribution is 0.765. The van der Waals surface area contributed by atoms with Crippen molar-refractivity contribution >= 4 is 28.6 Å². The minimum absolute atomic E-state index is 0.602. The lowest BCUT2D eigenvalue weighted by atomic mass is 10.2. The molecule has 0 atom stereocenters. The quantitative estimate of drug-likeness (QED) is 0.745. The van der Waals surface area contributed by atoms with Crippen LogP contribution in [0.4, 0.5) is 5.95 Å². The molecule has 2 aromatic heterocycles. The number of fused-ring (bicyclic) bond motifs is 1. The Morgan fingerprint density at radius 3 is 2.65 bits per heavy atom. The van der Waals surface area contributed by atoms with Gasteiger partial charge in [-0.15, -0.1) is 10.2 Å². The first-order chi connectivity index (χ1) is 9.69. The summed E-state index contributed by atoms with van der Waals surface area (Å²) in [5.41, 5.74) is 0.910. The van der Waals surface area contributed by atoms with Crippen molar-refractivity contribution in [1.29, 1.82) is 0 Å². The van der Waals surface area contributed by atoms with Crippen molar-refractivity contribution in [2.24, 2.45) is 7.05 Å². The molecular formula is C13H14N6S. The number of benzene rings is 1. The average Bonchev–Trinajstić information content (AvgIpc) is 2.79. The lowest BCUT2D eigenvalue weighted by Crippen LogP contribution is -1.99. The highest BCUT2D eigenvalue weighted by atomic mass is 32.2. The van der Waals surface area contributed by atoms with Crippen LogP contribution < -0.4 is 5.32 Å². The van der Waals surface area contributed by atoms with E-state index in [0.29, 0.717) is 5.95 Å². The van der Waals surface area contributed by atoms with Crippen LogP contribution in [0.5, 0.6) is 0 Å². The van der Waals surface area contributed by atoms with Crippen LogP contribution in [0.25, 0.3) is 10.9 Å². The summed E-state index contributed by atoms with van der Waals surface area (Å²) < 4.78 is 1.95. The Morgan fingerprint density at radius 2 is 1.95 bits per heavy atom. The third-order valence-electron chi connectivity index (χ3n) is 3.03. The van der Waals surface area contributed by atoms with Gasteiger partial charge in [-0.3, -0.25) is 0 Å². The molecule has 0 saturated heterocycles. The van der Waals surface area contributed by atoms with Gasteiger partial charge in [-0.1, -0.05) is 18.2 Å². The fourth-order valence-corrected chi connectivity index (χ4v) is 2.74. The molecule has 0 bridgehead atoms. The first kappa shape index (κ1) is 12.9. The van der Waals surface area contributed by atoms with E-state index in [2.05, 4.69) is 25.5 Å². The van der Waals surface area contributed by atoms with Gasteiger partial charge in [0.15, 0.2) is 5.16 Å². The van der Waals surface area contributed by atoms with Crippen LogP contribution in [-0.2, 0) is 7.05 Å². The molecule has 1 aromatic carbocycles. The van der Waals surface area contributed by atoms with Crippen molar-refractivity contribution in [1.82, 2.24) is 24.7 Å². The largest absolute Gasteiger partial charge is 0.357 e. The molecule has 0 fully saturated rings. The predicted octanol–water partition coefficient (Wildman–Crippen LogP) is 2.26. The van der Waals surface area contributed by atoms with Gasteiger partial charge in [-0.05, 0) is 24.8 Å². The molecule has 0 aliphatic rings. The van der Waals surface area contributed by atoms with E-state index in [1.807, 2.05) is 49.9 Å². The monoisotopic (exact) mass is 286 g/mol. The second kappa shape index (κ2) is 5.09. The van der Waals surface area contributed by atoms with Gasteiger partial charge in [-0.2, -0.15) is 0 Å². The summed E-state index contributed by atoms with van der Waals surface area (Å²) in [7, 11) is 3.76. The van der Waals surface area contributed by atoms with Gasteiger partial charge in [0.25, 0.3) is 0 Å². The normalized spacial score (nSPS) is 10.9. The molecule has 7 heteroatoms. The standard InChI is InChI=1S/C13H14N6S/c1-8-17-18-13(19(8)3)20-11-9-6-4-5-7-10(9)15-12(14-2)16-11/h4-7H,1-3H3,(H,14,15,16). The van der Waals surface area contributed by atoms with Crippen LogP contribution in [0, 0.1) is 6.92 Å². The van der Waals surface area contributed by atoms with Crippen LogP contribution in [0.3, 0.4) is 0 Å². The van der Waals surface area contributed by atoms with Gasteiger partial charge >= 0.3 is 0 Å². The Hall–Kier alpha value is -2.15. The van der Waals surface area contributed by atoms with E-state index < -0.39 is 0 Å². The SMILES string of the molecule is CNc1nc(Sc2nnc(C)n2C)c2ccccc2n1. The molecule has 0 saturated carbocycles. The molecule has 102 valence electrons. The van der Waals surface area contributed by atoms with Gasteiger partial charge in [0, 0.05) is 19.5 Å². The molecule has 0 aliphatic heterocycles. The number of nitrogens with one attached hydrogen (secondary N) is 1. The maximum absolute atomic E-state index is 4.52. The second-order valence-electron chi connectivity index (χ2n) is 4.31. The zero-order valence-electron chi connectivity index (χ0n) is 11.5. The van der Waals surface area contributed by atoms with Crippen molar-refractivity contribution < 1.29 is 0 Å². The topological polar surface area (TPSA) is 68.5 Å².